The molecule has 0 saturated heterocycles. The van der Waals surface area contributed by atoms with Crippen molar-refractivity contribution in [3.8, 4) is 0 Å². The van der Waals surface area contributed by atoms with Crippen LogP contribution in [0.25, 0.3) is 0 Å². The molecule has 0 heterocycles. The van der Waals surface area contributed by atoms with Gasteiger partial charge < -0.3 is 15.7 Å². The van der Waals surface area contributed by atoms with Gasteiger partial charge in [0.05, 0.1) is 12.0 Å². The molecule has 22 heavy (non-hydrogen) atoms. The molecular weight excluding hydrogens is 308 g/mol. The van der Waals surface area contributed by atoms with E-state index in [1.54, 1.807) is 24.3 Å². The number of aliphatic carboxylic acids is 1. The van der Waals surface area contributed by atoms with Crippen molar-refractivity contribution in [3.63, 3.8) is 0 Å². The van der Waals surface area contributed by atoms with Gasteiger partial charge in [0.2, 0.25) is 11.8 Å². The van der Waals surface area contributed by atoms with Crippen molar-refractivity contribution in [2.24, 2.45) is 5.41 Å². The first-order valence-electron chi connectivity index (χ1n) is 6.97. The summed E-state index contributed by atoms with van der Waals surface area (Å²) in [6.07, 6.45) is 1.74. The van der Waals surface area contributed by atoms with E-state index in [2.05, 4.69) is 10.6 Å². The smallest absolute Gasteiger partial charge is 0.310 e. The van der Waals surface area contributed by atoms with Crippen LogP contribution in [0, 0.1) is 5.41 Å². The normalized spacial score (nSPS) is 15.5. The second-order valence-corrected chi connectivity index (χ2v) is 5.88. The lowest BCUT2D eigenvalue weighted by Crippen LogP contribution is -2.43. The van der Waals surface area contributed by atoms with E-state index < -0.39 is 17.3 Å². The number of carbonyl (C=O) groups excluding carboxylic acids is 2. The Bertz CT molecular complexity index is 582. The Balaban J connectivity index is 1.77. The first-order chi connectivity index (χ1) is 10.4. The second kappa shape index (κ2) is 6.79. The first kappa shape index (κ1) is 16.3. The Morgan fingerprint density at radius 2 is 1.77 bits per heavy atom. The lowest BCUT2D eigenvalue weighted by Gasteiger charge is -2.36. The maximum atomic E-state index is 11.8. The average Bonchev–Trinajstić information content (AvgIpc) is 2.43. The number of anilines is 1. The summed E-state index contributed by atoms with van der Waals surface area (Å²) in [6.45, 7) is -0.197. The highest BCUT2D eigenvalue weighted by molar-refractivity contribution is 6.30. The van der Waals surface area contributed by atoms with E-state index in [1.165, 1.54) is 0 Å². The van der Waals surface area contributed by atoms with Crippen LogP contribution in [0.15, 0.2) is 24.3 Å². The average molecular weight is 325 g/mol. The zero-order valence-corrected chi connectivity index (χ0v) is 12.7. The molecule has 0 unspecified atom stereocenters. The van der Waals surface area contributed by atoms with E-state index in [1.807, 2.05) is 0 Å². The van der Waals surface area contributed by atoms with Gasteiger partial charge >= 0.3 is 5.97 Å². The van der Waals surface area contributed by atoms with Gasteiger partial charge in [-0.25, -0.2) is 0 Å². The van der Waals surface area contributed by atoms with Gasteiger partial charge in [0.15, 0.2) is 0 Å². The molecule has 0 radical (unpaired) electrons. The number of carboxylic acid groups (broad SMARTS) is 1. The minimum atomic E-state index is -0.948. The van der Waals surface area contributed by atoms with Gasteiger partial charge in [-0.15, -0.1) is 0 Å². The summed E-state index contributed by atoms with van der Waals surface area (Å²) >= 11 is 5.74. The summed E-state index contributed by atoms with van der Waals surface area (Å²) in [5, 5.41) is 14.8. The van der Waals surface area contributed by atoms with Crippen LogP contribution in [0.1, 0.15) is 25.7 Å². The monoisotopic (exact) mass is 324 g/mol. The molecular formula is C15H17ClN2O4. The second-order valence-electron chi connectivity index (χ2n) is 5.45. The molecule has 0 spiro atoms. The lowest BCUT2D eigenvalue weighted by molar-refractivity contribution is -0.157. The molecule has 6 nitrogen and oxygen atoms in total. The van der Waals surface area contributed by atoms with Gasteiger partial charge in [-0.05, 0) is 37.1 Å². The molecule has 1 saturated carbocycles. The number of amides is 2. The molecule has 2 amide bonds. The maximum absolute atomic E-state index is 11.8. The fourth-order valence-electron chi connectivity index (χ4n) is 2.36. The van der Waals surface area contributed by atoms with E-state index in [-0.39, 0.29) is 18.9 Å². The number of hydrogen-bond donors (Lipinski definition) is 3. The summed E-state index contributed by atoms with van der Waals surface area (Å²) in [5.41, 5.74) is -0.374. The van der Waals surface area contributed by atoms with Crippen LogP contribution in [0.2, 0.25) is 5.02 Å². The summed E-state index contributed by atoms with van der Waals surface area (Å²) in [5.74, 6) is -1.75. The van der Waals surface area contributed by atoms with Crippen molar-refractivity contribution < 1.29 is 19.5 Å². The predicted molar refractivity (Wildman–Crippen MR) is 81.6 cm³/mol. The van der Waals surface area contributed by atoms with Crippen LogP contribution >= 0.6 is 11.6 Å². The zero-order valence-electron chi connectivity index (χ0n) is 11.9. The Hall–Kier alpha value is -2.08. The molecule has 3 N–H and O–H groups in total. The third kappa shape index (κ3) is 3.98. The van der Waals surface area contributed by atoms with E-state index in [4.69, 9.17) is 16.7 Å². The van der Waals surface area contributed by atoms with Crippen molar-refractivity contribution in [3.05, 3.63) is 29.3 Å². The molecule has 7 heteroatoms. The summed E-state index contributed by atoms with van der Waals surface area (Å²) < 4.78 is 0. The van der Waals surface area contributed by atoms with E-state index in [9.17, 15) is 14.4 Å². The van der Waals surface area contributed by atoms with Crippen LogP contribution in [0.5, 0.6) is 0 Å². The fraction of sp³-hybridized carbons (Fsp3) is 0.400. The predicted octanol–water partition coefficient (Wildman–Crippen LogP) is 2.04. The molecule has 0 atom stereocenters. The third-order valence-electron chi connectivity index (χ3n) is 3.84. The topological polar surface area (TPSA) is 95.5 Å². The summed E-state index contributed by atoms with van der Waals surface area (Å²) in [7, 11) is 0. The maximum Gasteiger partial charge on any atom is 0.310 e. The number of carbonyl (C=O) groups is 3. The van der Waals surface area contributed by atoms with E-state index in [0.717, 1.165) is 6.42 Å². The van der Waals surface area contributed by atoms with Crippen molar-refractivity contribution in [2.45, 2.75) is 25.7 Å². The first-order valence-corrected chi connectivity index (χ1v) is 7.35. The molecule has 1 aromatic carbocycles. The zero-order chi connectivity index (χ0) is 16.2. The van der Waals surface area contributed by atoms with Crippen LogP contribution < -0.4 is 10.6 Å². The number of carboxylic acids is 1. The lowest BCUT2D eigenvalue weighted by atomic mass is 9.66. The Labute approximate surface area is 132 Å². The van der Waals surface area contributed by atoms with Crippen molar-refractivity contribution in [2.75, 3.05) is 11.9 Å². The molecule has 118 valence electrons. The number of halogens is 1. The van der Waals surface area contributed by atoms with Crippen LogP contribution in [-0.4, -0.2) is 29.4 Å². The number of rotatable bonds is 6. The third-order valence-corrected chi connectivity index (χ3v) is 4.09. The highest BCUT2D eigenvalue weighted by Crippen LogP contribution is 2.44. The minimum Gasteiger partial charge on any atom is -0.481 e. The standard InChI is InChI=1S/C15H17ClN2O4/c16-10-2-4-11(5-3-10)18-13(20)9-17-12(19)8-15(14(21)22)6-1-7-15/h2-5H,1,6-9H2,(H,17,19)(H,18,20)(H,21,22). The molecule has 1 aliphatic carbocycles. The van der Waals surface area contributed by atoms with Crippen molar-refractivity contribution in [1.29, 1.82) is 0 Å². The molecule has 1 aliphatic rings. The van der Waals surface area contributed by atoms with Crippen LogP contribution in [0.4, 0.5) is 5.69 Å². The highest BCUT2D eigenvalue weighted by atomic mass is 35.5. The van der Waals surface area contributed by atoms with Gasteiger partial charge in [0.1, 0.15) is 0 Å². The van der Waals surface area contributed by atoms with Crippen molar-refractivity contribution >= 4 is 35.1 Å². The van der Waals surface area contributed by atoms with Gasteiger partial charge in [0, 0.05) is 17.1 Å². The van der Waals surface area contributed by atoms with E-state index >= 15 is 0 Å². The quantitative estimate of drug-likeness (QED) is 0.746. The Morgan fingerprint density at radius 3 is 2.27 bits per heavy atom. The highest BCUT2D eigenvalue weighted by Gasteiger charge is 2.45. The largest absolute Gasteiger partial charge is 0.481 e. The molecule has 2 rings (SSSR count). The van der Waals surface area contributed by atoms with Gasteiger partial charge in [-0.3, -0.25) is 14.4 Å². The van der Waals surface area contributed by atoms with Gasteiger partial charge in [-0.1, -0.05) is 18.0 Å². The number of nitrogens with one attached hydrogen (secondary N) is 2. The van der Waals surface area contributed by atoms with E-state index in [0.29, 0.717) is 23.6 Å². The molecule has 1 fully saturated rings. The molecule has 0 bridgehead atoms. The van der Waals surface area contributed by atoms with Gasteiger partial charge in [0.25, 0.3) is 0 Å². The van der Waals surface area contributed by atoms with Crippen LogP contribution in [-0.2, 0) is 14.4 Å². The number of hydrogen-bond acceptors (Lipinski definition) is 3. The van der Waals surface area contributed by atoms with Crippen molar-refractivity contribution in [1.82, 2.24) is 5.32 Å². The molecule has 0 aromatic heterocycles. The summed E-state index contributed by atoms with van der Waals surface area (Å²) in [6, 6.07) is 6.58. The molecule has 1 aromatic rings. The SMILES string of the molecule is O=C(CC1(C(=O)O)CCC1)NCC(=O)Nc1ccc(Cl)cc1. The fourth-order valence-corrected chi connectivity index (χ4v) is 2.48. The summed E-state index contributed by atoms with van der Waals surface area (Å²) in [4.78, 5) is 34.7. The number of benzene rings is 1. The Morgan fingerprint density at radius 1 is 1.14 bits per heavy atom. The molecule has 0 aliphatic heterocycles. The minimum absolute atomic E-state index is 0.0867. The van der Waals surface area contributed by atoms with Crippen LogP contribution in [0.3, 0.4) is 0 Å². The Kier molecular flexibility index (Phi) is 5.03. The van der Waals surface area contributed by atoms with Gasteiger partial charge in [-0.2, -0.15) is 0 Å².